The third-order valence-corrected chi connectivity index (χ3v) is 5.99. The second kappa shape index (κ2) is 7.18. The van der Waals surface area contributed by atoms with Crippen molar-refractivity contribution in [2.45, 2.75) is 44.6 Å². The van der Waals surface area contributed by atoms with Crippen molar-refractivity contribution in [1.82, 2.24) is 20.1 Å². The maximum Gasteiger partial charge on any atom is 0.317 e. The van der Waals surface area contributed by atoms with Crippen LogP contribution in [-0.2, 0) is 6.42 Å². The molecule has 2 unspecified atom stereocenters. The molecule has 23 heavy (non-hydrogen) atoms. The molecule has 3 rings (SSSR count). The first-order valence-corrected chi connectivity index (χ1v) is 9.56. The normalized spacial score (nSPS) is 25.3. The van der Waals surface area contributed by atoms with E-state index in [0.717, 1.165) is 30.9 Å². The number of thiazole rings is 1. The van der Waals surface area contributed by atoms with Crippen LogP contribution in [0.25, 0.3) is 0 Å². The van der Waals surface area contributed by atoms with Gasteiger partial charge in [-0.25, -0.2) is 9.78 Å². The van der Waals surface area contributed by atoms with E-state index in [0.29, 0.717) is 24.4 Å². The molecule has 2 atom stereocenters. The molecule has 1 aromatic rings. The van der Waals surface area contributed by atoms with Gasteiger partial charge in [-0.3, -0.25) is 0 Å². The number of urea groups is 1. The van der Waals surface area contributed by atoms with Crippen LogP contribution in [0.5, 0.6) is 0 Å². The summed E-state index contributed by atoms with van der Waals surface area (Å²) in [6.45, 7) is 5.03. The SMILES string of the molecule is CC1CN(C)CCC1N(C)C(=O)NCCc1nc(C2CC2)cs1. The summed E-state index contributed by atoms with van der Waals surface area (Å²) in [5.41, 5.74) is 1.26. The summed E-state index contributed by atoms with van der Waals surface area (Å²) >= 11 is 1.73. The number of amides is 2. The van der Waals surface area contributed by atoms with Gasteiger partial charge in [0.2, 0.25) is 0 Å². The summed E-state index contributed by atoms with van der Waals surface area (Å²) in [6.07, 6.45) is 4.47. The summed E-state index contributed by atoms with van der Waals surface area (Å²) in [6, 6.07) is 0.387. The van der Waals surface area contributed by atoms with E-state index in [1.54, 1.807) is 11.3 Å². The number of carbonyl (C=O) groups is 1. The first-order valence-electron chi connectivity index (χ1n) is 8.68. The molecule has 1 aliphatic heterocycles. The molecule has 0 radical (unpaired) electrons. The molecule has 1 N–H and O–H groups in total. The average molecular weight is 337 g/mol. The molecule has 1 aliphatic carbocycles. The monoisotopic (exact) mass is 336 g/mol. The van der Waals surface area contributed by atoms with Gasteiger partial charge in [-0.05, 0) is 38.8 Å². The third-order valence-electron chi connectivity index (χ3n) is 5.06. The van der Waals surface area contributed by atoms with Crippen molar-refractivity contribution in [3.63, 3.8) is 0 Å². The highest BCUT2D eigenvalue weighted by Gasteiger charge is 2.30. The average Bonchev–Trinajstić information content (AvgIpc) is 3.26. The number of nitrogens with one attached hydrogen (secondary N) is 1. The van der Waals surface area contributed by atoms with E-state index in [1.165, 1.54) is 18.5 Å². The second-order valence-electron chi connectivity index (χ2n) is 7.13. The van der Waals surface area contributed by atoms with Crippen LogP contribution in [0, 0.1) is 5.92 Å². The van der Waals surface area contributed by atoms with Crippen LogP contribution < -0.4 is 5.32 Å². The molecular weight excluding hydrogens is 308 g/mol. The Hall–Kier alpha value is -1.14. The van der Waals surface area contributed by atoms with Gasteiger partial charge in [-0.15, -0.1) is 11.3 Å². The Kier molecular flexibility index (Phi) is 5.21. The van der Waals surface area contributed by atoms with Crippen LogP contribution in [-0.4, -0.2) is 60.6 Å². The topological polar surface area (TPSA) is 48.5 Å². The predicted octanol–water partition coefficient (Wildman–Crippen LogP) is 2.54. The molecule has 2 heterocycles. The Morgan fingerprint density at radius 2 is 2.26 bits per heavy atom. The van der Waals surface area contributed by atoms with Gasteiger partial charge in [0, 0.05) is 43.9 Å². The van der Waals surface area contributed by atoms with Crippen molar-refractivity contribution in [2.75, 3.05) is 33.7 Å². The fraction of sp³-hybridized carbons (Fsp3) is 0.765. The standard InChI is InChI=1S/C17H28N4OS/c1-12-10-20(2)9-7-15(12)21(3)17(22)18-8-6-16-19-14(11-23-16)13-4-5-13/h11-13,15H,4-10H2,1-3H3,(H,18,22). The molecule has 6 heteroatoms. The molecule has 1 aromatic heterocycles. The Bertz CT molecular complexity index is 542. The highest BCUT2D eigenvalue weighted by Crippen LogP contribution is 2.40. The molecule has 2 amide bonds. The van der Waals surface area contributed by atoms with Crippen molar-refractivity contribution in [1.29, 1.82) is 0 Å². The van der Waals surface area contributed by atoms with Crippen molar-refractivity contribution in [2.24, 2.45) is 5.92 Å². The smallest absolute Gasteiger partial charge is 0.317 e. The third kappa shape index (κ3) is 4.23. The van der Waals surface area contributed by atoms with Gasteiger partial charge in [-0.1, -0.05) is 6.92 Å². The fourth-order valence-electron chi connectivity index (χ4n) is 3.48. The van der Waals surface area contributed by atoms with Gasteiger partial charge in [0.25, 0.3) is 0 Å². The predicted molar refractivity (Wildman–Crippen MR) is 94.0 cm³/mol. The Labute approximate surface area is 143 Å². The minimum atomic E-state index is 0.0466. The summed E-state index contributed by atoms with van der Waals surface area (Å²) < 4.78 is 0. The van der Waals surface area contributed by atoms with E-state index in [9.17, 15) is 4.79 Å². The van der Waals surface area contributed by atoms with Gasteiger partial charge >= 0.3 is 6.03 Å². The Morgan fingerprint density at radius 3 is 2.96 bits per heavy atom. The zero-order valence-corrected chi connectivity index (χ0v) is 15.2. The number of nitrogens with zero attached hydrogens (tertiary/aromatic N) is 3. The van der Waals surface area contributed by atoms with Crippen molar-refractivity contribution in [3.8, 4) is 0 Å². The zero-order chi connectivity index (χ0) is 16.4. The summed E-state index contributed by atoms with van der Waals surface area (Å²) in [4.78, 5) is 21.3. The Balaban J connectivity index is 1.42. The largest absolute Gasteiger partial charge is 0.338 e. The molecule has 5 nitrogen and oxygen atoms in total. The van der Waals surface area contributed by atoms with Gasteiger partial charge in [0.15, 0.2) is 0 Å². The molecule has 0 aromatic carbocycles. The van der Waals surface area contributed by atoms with Crippen LogP contribution in [0.1, 0.15) is 42.8 Å². The number of piperidine rings is 1. The first kappa shape index (κ1) is 16.7. The van der Waals surface area contributed by atoms with E-state index in [4.69, 9.17) is 0 Å². The Morgan fingerprint density at radius 1 is 1.48 bits per heavy atom. The highest BCUT2D eigenvalue weighted by molar-refractivity contribution is 7.09. The van der Waals surface area contributed by atoms with Gasteiger partial charge in [0.05, 0.1) is 10.7 Å². The second-order valence-corrected chi connectivity index (χ2v) is 8.07. The number of hydrogen-bond donors (Lipinski definition) is 1. The van der Waals surface area contributed by atoms with Crippen LogP contribution in [0.15, 0.2) is 5.38 Å². The van der Waals surface area contributed by atoms with Crippen LogP contribution in [0.2, 0.25) is 0 Å². The molecule has 2 aliphatic rings. The van der Waals surface area contributed by atoms with E-state index in [2.05, 4.69) is 34.6 Å². The maximum atomic E-state index is 12.4. The van der Waals surface area contributed by atoms with Crippen LogP contribution in [0.3, 0.4) is 0 Å². The quantitative estimate of drug-likeness (QED) is 0.899. The number of likely N-dealkylation sites (tertiary alicyclic amines) is 1. The van der Waals surface area contributed by atoms with Crippen LogP contribution in [0.4, 0.5) is 4.79 Å². The summed E-state index contributed by atoms with van der Waals surface area (Å²) in [7, 11) is 4.08. The van der Waals surface area contributed by atoms with Crippen molar-refractivity contribution >= 4 is 17.4 Å². The molecule has 1 saturated carbocycles. The minimum absolute atomic E-state index is 0.0466. The van der Waals surface area contributed by atoms with E-state index in [-0.39, 0.29) is 6.03 Å². The lowest BCUT2D eigenvalue weighted by atomic mass is 9.93. The molecule has 128 valence electrons. The number of rotatable bonds is 5. The van der Waals surface area contributed by atoms with E-state index in [1.807, 2.05) is 11.9 Å². The van der Waals surface area contributed by atoms with Crippen LogP contribution >= 0.6 is 11.3 Å². The lowest BCUT2D eigenvalue weighted by Crippen LogP contribution is -2.52. The zero-order valence-electron chi connectivity index (χ0n) is 14.4. The first-order chi connectivity index (χ1) is 11.0. The minimum Gasteiger partial charge on any atom is -0.338 e. The van der Waals surface area contributed by atoms with E-state index >= 15 is 0 Å². The number of carbonyl (C=O) groups excluding carboxylic acids is 1. The van der Waals surface area contributed by atoms with E-state index < -0.39 is 0 Å². The van der Waals surface area contributed by atoms with Crippen molar-refractivity contribution < 1.29 is 4.79 Å². The maximum absolute atomic E-state index is 12.4. The lowest BCUT2D eigenvalue weighted by Gasteiger charge is -2.39. The highest BCUT2D eigenvalue weighted by atomic mass is 32.1. The molecule has 0 bridgehead atoms. The van der Waals surface area contributed by atoms with Crippen molar-refractivity contribution in [3.05, 3.63) is 16.1 Å². The van der Waals surface area contributed by atoms with Gasteiger partial charge in [0.1, 0.15) is 0 Å². The lowest BCUT2D eigenvalue weighted by molar-refractivity contribution is 0.107. The van der Waals surface area contributed by atoms with Gasteiger partial charge < -0.3 is 15.1 Å². The summed E-state index contributed by atoms with van der Waals surface area (Å²) in [5, 5.41) is 6.38. The number of aromatic nitrogens is 1. The van der Waals surface area contributed by atoms with Gasteiger partial charge in [-0.2, -0.15) is 0 Å². The molecule has 1 saturated heterocycles. The molecular formula is C17H28N4OS. The summed E-state index contributed by atoms with van der Waals surface area (Å²) in [5.74, 6) is 1.23. The molecule has 0 spiro atoms. The molecule has 2 fully saturated rings. The fourth-order valence-corrected chi connectivity index (χ4v) is 4.36. The number of hydrogen-bond acceptors (Lipinski definition) is 4.